The minimum absolute atomic E-state index is 0.199. The van der Waals surface area contributed by atoms with E-state index in [0.717, 1.165) is 17.0 Å². The minimum Gasteiger partial charge on any atom is -0.497 e. The van der Waals surface area contributed by atoms with Gasteiger partial charge in [0.05, 0.1) is 7.11 Å². The van der Waals surface area contributed by atoms with Crippen LogP contribution in [0.1, 0.15) is 21.7 Å². The standard InChI is InChI=1S/C22H21N7O2/c1-13-12-14(2)24-21(23-13)27-22-26-19(28-29-22)15-4-8-17(9-5-15)25-20(30)16-6-10-18(31-3)11-7-16/h4-12H,1-3H3,(H,25,30)(H2,23,24,26,27,28,29). The smallest absolute Gasteiger partial charge is 0.255 e. The number of H-pyrrole nitrogens is 1. The zero-order valence-corrected chi connectivity index (χ0v) is 17.3. The highest BCUT2D eigenvalue weighted by molar-refractivity contribution is 6.04. The van der Waals surface area contributed by atoms with E-state index in [9.17, 15) is 4.79 Å². The predicted molar refractivity (Wildman–Crippen MR) is 118 cm³/mol. The Balaban J connectivity index is 1.42. The van der Waals surface area contributed by atoms with Crippen molar-refractivity contribution >= 4 is 23.5 Å². The summed E-state index contributed by atoms with van der Waals surface area (Å²) in [6, 6.07) is 16.1. The first-order valence-electron chi connectivity index (χ1n) is 9.58. The molecule has 9 heteroatoms. The Morgan fingerprint density at radius 3 is 2.23 bits per heavy atom. The summed E-state index contributed by atoms with van der Waals surface area (Å²) in [6.45, 7) is 3.80. The quantitative estimate of drug-likeness (QED) is 0.437. The van der Waals surface area contributed by atoms with Crippen LogP contribution in [-0.2, 0) is 0 Å². The number of rotatable bonds is 6. The molecule has 0 spiro atoms. The van der Waals surface area contributed by atoms with Crippen LogP contribution in [0.3, 0.4) is 0 Å². The van der Waals surface area contributed by atoms with E-state index in [1.807, 2.05) is 32.0 Å². The number of amides is 1. The van der Waals surface area contributed by atoms with E-state index >= 15 is 0 Å². The van der Waals surface area contributed by atoms with Gasteiger partial charge in [-0.3, -0.25) is 15.2 Å². The number of nitrogens with one attached hydrogen (secondary N) is 3. The van der Waals surface area contributed by atoms with Gasteiger partial charge < -0.3 is 10.1 Å². The third-order valence-corrected chi connectivity index (χ3v) is 4.46. The summed E-state index contributed by atoms with van der Waals surface area (Å²) in [5.41, 5.74) is 3.76. The number of aryl methyl sites for hydroxylation is 2. The van der Waals surface area contributed by atoms with Crippen LogP contribution >= 0.6 is 0 Å². The molecule has 2 heterocycles. The zero-order chi connectivity index (χ0) is 21.8. The third kappa shape index (κ3) is 4.84. The highest BCUT2D eigenvalue weighted by Gasteiger charge is 2.10. The molecule has 0 radical (unpaired) electrons. The Morgan fingerprint density at radius 1 is 0.903 bits per heavy atom. The number of carbonyl (C=O) groups is 1. The van der Waals surface area contributed by atoms with Gasteiger partial charge in [0.25, 0.3) is 5.91 Å². The Kier molecular flexibility index (Phi) is 5.57. The maximum atomic E-state index is 12.4. The Labute approximate surface area is 178 Å². The van der Waals surface area contributed by atoms with Crippen LogP contribution in [0, 0.1) is 13.8 Å². The maximum absolute atomic E-state index is 12.4. The van der Waals surface area contributed by atoms with Crippen molar-refractivity contribution in [2.24, 2.45) is 0 Å². The highest BCUT2D eigenvalue weighted by Crippen LogP contribution is 2.20. The average Bonchev–Trinajstić information content (AvgIpc) is 3.22. The van der Waals surface area contributed by atoms with Crippen molar-refractivity contribution in [1.29, 1.82) is 0 Å². The molecular weight excluding hydrogens is 394 g/mol. The van der Waals surface area contributed by atoms with Crippen molar-refractivity contribution in [3.63, 3.8) is 0 Å². The van der Waals surface area contributed by atoms with Gasteiger partial charge in [-0.25, -0.2) is 9.97 Å². The van der Waals surface area contributed by atoms with E-state index in [4.69, 9.17) is 4.74 Å². The van der Waals surface area contributed by atoms with Crippen LogP contribution < -0.4 is 15.4 Å². The van der Waals surface area contributed by atoms with Crippen LogP contribution in [0.5, 0.6) is 5.75 Å². The molecule has 3 N–H and O–H groups in total. The fourth-order valence-corrected chi connectivity index (χ4v) is 2.99. The van der Waals surface area contributed by atoms with Gasteiger partial charge in [-0.05, 0) is 68.4 Å². The molecule has 0 aliphatic heterocycles. The summed E-state index contributed by atoms with van der Waals surface area (Å²) in [5.74, 6) is 1.90. The first-order chi connectivity index (χ1) is 15.0. The molecule has 4 aromatic rings. The molecular formula is C22H21N7O2. The monoisotopic (exact) mass is 415 g/mol. The van der Waals surface area contributed by atoms with E-state index < -0.39 is 0 Å². The molecule has 0 saturated heterocycles. The molecule has 0 saturated carbocycles. The summed E-state index contributed by atoms with van der Waals surface area (Å²) >= 11 is 0. The van der Waals surface area contributed by atoms with Gasteiger partial charge in [-0.15, -0.1) is 5.10 Å². The molecule has 0 unspecified atom stereocenters. The summed E-state index contributed by atoms with van der Waals surface area (Å²) < 4.78 is 5.11. The maximum Gasteiger partial charge on any atom is 0.255 e. The van der Waals surface area contributed by atoms with Crippen molar-refractivity contribution in [1.82, 2.24) is 25.1 Å². The fourth-order valence-electron chi connectivity index (χ4n) is 2.99. The van der Waals surface area contributed by atoms with Crippen molar-refractivity contribution in [3.8, 4) is 17.1 Å². The Bertz CT molecular complexity index is 1180. The first kappa shape index (κ1) is 20.0. The van der Waals surface area contributed by atoms with Crippen molar-refractivity contribution in [2.75, 3.05) is 17.7 Å². The molecule has 0 atom stereocenters. The van der Waals surface area contributed by atoms with Crippen LogP contribution in [0.2, 0.25) is 0 Å². The second-order valence-corrected chi connectivity index (χ2v) is 6.87. The van der Waals surface area contributed by atoms with Gasteiger partial charge >= 0.3 is 0 Å². The van der Waals surface area contributed by atoms with E-state index in [0.29, 0.717) is 34.7 Å². The summed E-state index contributed by atoms with van der Waals surface area (Å²) in [4.78, 5) is 25.5. The Morgan fingerprint density at radius 2 is 1.58 bits per heavy atom. The first-order valence-corrected chi connectivity index (χ1v) is 9.58. The molecule has 0 aliphatic carbocycles. The third-order valence-electron chi connectivity index (χ3n) is 4.46. The van der Waals surface area contributed by atoms with E-state index in [1.165, 1.54) is 0 Å². The molecule has 2 aromatic heterocycles. The molecule has 31 heavy (non-hydrogen) atoms. The Hall–Kier alpha value is -4.27. The lowest BCUT2D eigenvalue weighted by Crippen LogP contribution is -2.11. The lowest BCUT2D eigenvalue weighted by molar-refractivity contribution is 0.102. The second kappa shape index (κ2) is 8.62. The lowest BCUT2D eigenvalue weighted by atomic mass is 10.1. The topological polar surface area (TPSA) is 118 Å². The molecule has 4 rings (SSSR count). The molecule has 0 bridgehead atoms. The van der Waals surface area contributed by atoms with Crippen molar-refractivity contribution in [2.45, 2.75) is 13.8 Å². The number of nitrogens with zero attached hydrogens (tertiary/aromatic N) is 4. The highest BCUT2D eigenvalue weighted by atomic mass is 16.5. The van der Waals surface area contributed by atoms with Crippen LogP contribution in [0.15, 0.2) is 54.6 Å². The number of benzene rings is 2. The van der Waals surface area contributed by atoms with Crippen LogP contribution in [0.25, 0.3) is 11.4 Å². The average molecular weight is 415 g/mol. The SMILES string of the molecule is COc1ccc(C(=O)Nc2ccc(-c3nc(Nc4nc(C)cc(C)n4)n[nH]3)cc2)cc1. The summed E-state index contributed by atoms with van der Waals surface area (Å²) in [6.07, 6.45) is 0. The summed E-state index contributed by atoms with van der Waals surface area (Å²) in [5, 5.41) is 12.9. The molecule has 156 valence electrons. The number of aromatic amines is 1. The van der Waals surface area contributed by atoms with Gasteiger partial charge in [0.15, 0.2) is 5.82 Å². The number of hydrogen-bond acceptors (Lipinski definition) is 7. The minimum atomic E-state index is -0.199. The molecule has 0 fully saturated rings. The van der Waals surface area contributed by atoms with E-state index in [-0.39, 0.29) is 5.91 Å². The zero-order valence-electron chi connectivity index (χ0n) is 17.3. The van der Waals surface area contributed by atoms with Crippen molar-refractivity contribution in [3.05, 3.63) is 71.5 Å². The number of hydrogen-bond donors (Lipinski definition) is 3. The van der Waals surface area contributed by atoms with Gasteiger partial charge in [-0.1, -0.05) is 0 Å². The van der Waals surface area contributed by atoms with E-state index in [2.05, 4.69) is 35.8 Å². The number of methoxy groups -OCH3 is 1. The number of ether oxygens (including phenoxy) is 1. The van der Waals surface area contributed by atoms with Gasteiger partial charge in [-0.2, -0.15) is 4.98 Å². The fraction of sp³-hybridized carbons (Fsp3) is 0.136. The van der Waals surface area contributed by atoms with Crippen LogP contribution in [-0.4, -0.2) is 38.2 Å². The molecule has 0 aliphatic rings. The molecule has 2 aromatic carbocycles. The van der Waals surface area contributed by atoms with Gasteiger partial charge in [0.2, 0.25) is 11.9 Å². The van der Waals surface area contributed by atoms with Crippen molar-refractivity contribution < 1.29 is 9.53 Å². The second-order valence-electron chi connectivity index (χ2n) is 6.87. The summed E-state index contributed by atoms with van der Waals surface area (Å²) in [7, 11) is 1.58. The molecule has 9 nitrogen and oxygen atoms in total. The van der Waals surface area contributed by atoms with Gasteiger partial charge in [0, 0.05) is 28.2 Å². The number of aromatic nitrogens is 5. The predicted octanol–water partition coefficient (Wildman–Crippen LogP) is 3.88. The van der Waals surface area contributed by atoms with Crippen LogP contribution in [0.4, 0.5) is 17.6 Å². The number of carbonyl (C=O) groups excluding carboxylic acids is 1. The lowest BCUT2D eigenvalue weighted by Gasteiger charge is -2.06. The van der Waals surface area contributed by atoms with Gasteiger partial charge in [0.1, 0.15) is 5.75 Å². The number of anilines is 3. The normalized spacial score (nSPS) is 10.5. The largest absolute Gasteiger partial charge is 0.497 e. The van der Waals surface area contributed by atoms with E-state index in [1.54, 1.807) is 43.5 Å². The molecule has 1 amide bonds.